The van der Waals surface area contributed by atoms with Gasteiger partial charge in [0.25, 0.3) is 5.91 Å². The fourth-order valence-corrected chi connectivity index (χ4v) is 2.49. The summed E-state index contributed by atoms with van der Waals surface area (Å²) in [5, 5.41) is 3.49. The number of aromatic nitrogens is 1. The highest BCUT2D eigenvalue weighted by Gasteiger charge is 2.24. The van der Waals surface area contributed by atoms with E-state index in [2.05, 4.69) is 10.3 Å². The monoisotopic (exact) mass is 334 g/mol. The molecule has 6 heteroatoms. The predicted octanol–water partition coefficient (Wildman–Crippen LogP) is 3.40. The van der Waals surface area contributed by atoms with E-state index in [0.717, 1.165) is 12.0 Å². The number of rotatable bonds is 7. The third kappa shape index (κ3) is 4.33. The lowest BCUT2D eigenvalue weighted by Crippen LogP contribution is -2.29. The number of oxazole rings is 1. The molecular formula is C17H19ClN2O3. The van der Waals surface area contributed by atoms with Crippen molar-refractivity contribution in [3.63, 3.8) is 0 Å². The first-order chi connectivity index (χ1) is 11.2. The molecule has 0 aliphatic heterocycles. The van der Waals surface area contributed by atoms with Crippen LogP contribution in [0, 0.1) is 5.92 Å². The fraction of sp³-hybridized carbons (Fsp3) is 0.412. The van der Waals surface area contributed by atoms with Gasteiger partial charge in [0.1, 0.15) is 6.26 Å². The number of nitrogens with one attached hydrogen (secondary N) is 1. The highest BCUT2D eigenvalue weighted by atomic mass is 35.5. The Morgan fingerprint density at radius 1 is 1.43 bits per heavy atom. The van der Waals surface area contributed by atoms with E-state index in [1.807, 2.05) is 12.1 Å². The Morgan fingerprint density at radius 3 is 2.83 bits per heavy atom. The second-order valence-electron chi connectivity index (χ2n) is 5.76. The first-order valence-electron chi connectivity index (χ1n) is 7.66. The summed E-state index contributed by atoms with van der Waals surface area (Å²) in [5.74, 6) is 1.05. The highest BCUT2D eigenvalue weighted by molar-refractivity contribution is 6.30. The summed E-state index contributed by atoms with van der Waals surface area (Å²) in [6, 6.07) is 7.36. The summed E-state index contributed by atoms with van der Waals surface area (Å²) in [6.07, 6.45) is 4.44. The summed E-state index contributed by atoms with van der Waals surface area (Å²) in [6.45, 7) is 0.349. The third-order valence-electron chi connectivity index (χ3n) is 3.92. The molecule has 1 heterocycles. The van der Waals surface area contributed by atoms with Crippen LogP contribution in [0.1, 0.15) is 40.9 Å². The molecule has 122 valence electrons. The Morgan fingerprint density at radius 2 is 2.17 bits per heavy atom. The number of amides is 1. The molecule has 0 bridgehead atoms. The van der Waals surface area contributed by atoms with Crippen molar-refractivity contribution in [1.82, 2.24) is 10.3 Å². The molecule has 0 spiro atoms. The zero-order valence-electron chi connectivity index (χ0n) is 12.9. The van der Waals surface area contributed by atoms with Gasteiger partial charge < -0.3 is 14.5 Å². The molecule has 0 radical (unpaired) electrons. The second-order valence-corrected chi connectivity index (χ2v) is 6.20. The number of nitrogens with zero attached hydrogens (tertiary/aromatic N) is 1. The molecule has 1 aliphatic carbocycles. The van der Waals surface area contributed by atoms with Crippen LogP contribution in [0.4, 0.5) is 0 Å². The maximum atomic E-state index is 12.2. The SMILES string of the molecule is COC(CNC(=O)c1coc(CC2CC2)n1)c1ccc(Cl)cc1. The van der Waals surface area contributed by atoms with E-state index in [9.17, 15) is 4.79 Å². The average Bonchev–Trinajstić information content (AvgIpc) is 3.24. The molecule has 2 aromatic rings. The molecule has 5 nitrogen and oxygen atoms in total. The van der Waals surface area contributed by atoms with Crippen molar-refractivity contribution in [1.29, 1.82) is 0 Å². The van der Waals surface area contributed by atoms with Crippen LogP contribution in [0.5, 0.6) is 0 Å². The van der Waals surface area contributed by atoms with Crippen molar-refractivity contribution in [3.8, 4) is 0 Å². The number of hydrogen-bond acceptors (Lipinski definition) is 4. The topological polar surface area (TPSA) is 64.4 Å². The number of hydrogen-bond donors (Lipinski definition) is 1. The first-order valence-corrected chi connectivity index (χ1v) is 8.04. The van der Waals surface area contributed by atoms with Gasteiger partial charge >= 0.3 is 0 Å². The number of carbonyl (C=O) groups is 1. The highest BCUT2D eigenvalue weighted by Crippen LogP contribution is 2.32. The van der Waals surface area contributed by atoms with E-state index in [1.54, 1.807) is 19.2 Å². The van der Waals surface area contributed by atoms with Gasteiger partial charge in [0.15, 0.2) is 11.6 Å². The van der Waals surface area contributed by atoms with Gasteiger partial charge in [0.2, 0.25) is 0 Å². The van der Waals surface area contributed by atoms with Gasteiger partial charge in [0, 0.05) is 25.1 Å². The molecular weight excluding hydrogens is 316 g/mol. The lowest BCUT2D eigenvalue weighted by atomic mass is 10.1. The Kier molecular flexibility index (Phi) is 4.98. The minimum atomic E-state index is -0.258. The van der Waals surface area contributed by atoms with E-state index < -0.39 is 0 Å². The van der Waals surface area contributed by atoms with Gasteiger partial charge in [-0.2, -0.15) is 0 Å². The van der Waals surface area contributed by atoms with Crippen molar-refractivity contribution in [2.24, 2.45) is 5.92 Å². The Bertz CT molecular complexity index is 665. The zero-order chi connectivity index (χ0) is 16.2. The smallest absolute Gasteiger partial charge is 0.273 e. The van der Waals surface area contributed by atoms with Crippen molar-refractivity contribution in [3.05, 3.63) is 52.7 Å². The summed E-state index contributed by atoms with van der Waals surface area (Å²) in [5.41, 5.74) is 1.26. The second kappa shape index (κ2) is 7.15. The Labute approximate surface area is 140 Å². The number of methoxy groups -OCH3 is 1. The van der Waals surface area contributed by atoms with Gasteiger partial charge in [-0.3, -0.25) is 4.79 Å². The van der Waals surface area contributed by atoms with E-state index in [1.165, 1.54) is 19.1 Å². The van der Waals surface area contributed by atoms with E-state index in [-0.39, 0.29) is 12.0 Å². The molecule has 1 aromatic carbocycles. The van der Waals surface area contributed by atoms with Crippen LogP contribution in [0.15, 0.2) is 34.9 Å². The molecule has 1 unspecified atom stereocenters. The van der Waals surface area contributed by atoms with Crippen molar-refractivity contribution >= 4 is 17.5 Å². The van der Waals surface area contributed by atoms with Gasteiger partial charge in [-0.1, -0.05) is 23.7 Å². The molecule has 0 saturated heterocycles. The quantitative estimate of drug-likeness (QED) is 0.842. The van der Waals surface area contributed by atoms with Gasteiger partial charge in [-0.05, 0) is 36.5 Å². The molecule has 1 atom stereocenters. The van der Waals surface area contributed by atoms with Crippen LogP contribution in [0.25, 0.3) is 0 Å². The van der Waals surface area contributed by atoms with E-state index >= 15 is 0 Å². The zero-order valence-corrected chi connectivity index (χ0v) is 13.7. The standard InChI is InChI=1S/C17H19ClN2O3/c1-22-15(12-4-6-13(18)7-5-12)9-19-17(21)14-10-23-16(20-14)8-11-2-3-11/h4-7,10-11,15H,2-3,8-9H2,1H3,(H,19,21). The summed E-state index contributed by atoms with van der Waals surface area (Å²) < 4.78 is 10.8. The largest absolute Gasteiger partial charge is 0.448 e. The van der Waals surface area contributed by atoms with Crippen LogP contribution >= 0.6 is 11.6 Å². The maximum absolute atomic E-state index is 12.2. The van der Waals surface area contributed by atoms with E-state index in [4.69, 9.17) is 20.8 Å². The summed E-state index contributed by atoms with van der Waals surface area (Å²) in [7, 11) is 1.61. The molecule has 1 amide bonds. The van der Waals surface area contributed by atoms with Gasteiger partial charge in [-0.25, -0.2) is 4.98 Å². The fourth-order valence-electron chi connectivity index (χ4n) is 2.37. The maximum Gasteiger partial charge on any atom is 0.273 e. The van der Waals surface area contributed by atoms with Crippen molar-refractivity contribution in [2.75, 3.05) is 13.7 Å². The van der Waals surface area contributed by atoms with Crippen molar-refractivity contribution in [2.45, 2.75) is 25.4 Å². The molecule has 23 heavy (non-hydrogen) atoms. The molecule has 1 aromatic heterocycles. The van der Waals surface area contributed by atoms with E-state index in [0.29, 0.717) is 29.1 Å². The molecule has 1 saturated carbocycles. The predicted molar refractivity (Wildman–Crippen MR) is 86.5 cm³/mol. The minimum absolute atomic E-state index is 0.242. The average molecular weight is 335 g/mol. The number of halogens is 1. The Hall–Kier alpha value is -1.85. The van der Waals surface area contributed by atoms with Crippen molar-refractivity contribution < 1.29 is 13.9 Å². The molecule has 1 N–H and O–H groups in total. The summed E-state index contributed by atoms with van der Waals surface area (Å²) in [4.78, 5) is 16.4. The molecule has 3 rings (SSSR count). The summed E-state index contributed by atoms with van der Waals surface area (Å²) >= 11 is 5.88. The molecule has 1 fully saturated rings. The third-order valence-corrected chi connectivity index (χ3v) is 4.17. The normalized spacial score (nSPS) is 15.4. The Balaban J connectivity index is 1.56. The van der Waals surface area contributed by atoms with Gasteiger partial charge in [0.05, 0.1) is 6.10 Å². The van der Waals surface area contributed by atoms with Crippen LogP contribution < -0.4 is 5.32 Å². The lowest BCUT2D eigenvalue weighted by molar-refractivity contribution is 0.0824. The molecule has 1 aliphatic rings. The van der Waals surface area contributed by atoms with Crippen LogP contribution in [0.2, 0.25) is 5.02 Å². The van der Waals surface area contributed by atoms with Crippen LogP contribution in [-0.2, 0) is 11.2 Å². The minimum Gasteiger partial charge on any atom is -0.448 e. The number of benzene rings is 1. The lowest BCUT2D eigenvalue weighted by Gasteiger charge is -2.16. The van der Waals surface area contributed by atoms with Crippen LogP contribution in [0.3, 0.4) is 0 Å². The van der Waals surface area contributed by atoms with Crippen LogP contribution in [-0.4, -0.2) is 24.5 Å². The number of carbonyl (C=O) groups excluding carboxylic acids is 1. The first kappa shape index (κ1) is 16.0. The number of ether oxygens (including phenoxy) is 1. The van der Waals surface area contributed by atoms with Gasteiger partial charge in [-0.15, -0.1) is 0 Å².